The highest BCUT2D eigenvalue weighted by Crippen LogP contribution is 2.35. The van der Waals surface area contributed by atoms with Crippen LogP contribution in [0.15, 0.2) is 17.0 Å². The average Bonchev–Trinajstić information content (AvgIpc) is 2.36. The molecule has 0 aliphatic rings. The van der Waals surface area contributed by atoms with Gasteiger partial charge in [0.05, 0.1) is 14.2 Å². The van der Waals surface area contributed by atoms with Crippen LogP contribution in [0.5, 0.6) is 11.5 Å². The van der Waals surface area contributed by atoms with Crippen molar-refractivity contribution in [1.82, 2.24) is 0 Å². The van der Waals surface area contributed by atoms with Crippen molar-refractivity contribution in [3.8, 4) is 11.5 Å². The van der Waals surface area contributed by atoms with Crippen molar-refractivity contribution in [3.63, 3.8) is 0 Å². The number of benzene rings is 1. The fraction of sp³-hybridized carbons (Fsp3) is 0.417. The van der Waals surface area contributed by atoms with Gasteiger partial charge in [0.2, 0.25) is 0 Å². The number of ketones is 1. The molecule has 1 rings (SSSR count). The second-order valence-electron chi connectivity index (χ2n) is 3.94. The minimum absolute atomic E-state index is 0.0678. The molecule has 0 saturated carbocycles. The Balaban J connectivity index is 3.49. The Kier molecular flexibility index (Phi) is 4.90. The molecule has 1 aromatic carbocycles. The molecule has 0 heterocycles. The molecule has 0 bridgehead atoms. The van der Waals surface area contributed by atoms with Crippen molar-refractivity contribution in [1.29, 1.82) is 0 Å². The van der Waals surface area contributed by atoms with E-state index in [2.05, 4.69) is 0 Å². The van der Waals surface area contributed by atoms with Gasteiger partial charge in [-0.1, -0.05) is 0 Å². The van der Waals surface area contributed by atoms with Gasteiger partial charge in [0, 0.05) is 18.2 Å². The van der Waals surface area contributed by atoms with Crippen LogP contribution in [0.1, 0.15) is 16.8 Å². The predicted octanol–water partition coefficient (Wildman–Crippen LogP) is 0.639. The van der Waals surface area contributed by atoms with Crippen LogP contribution in [-0.4, -0.2) is 41.2 Å². The van der Waals surface area contributed by atoms with Crippen LogP contribution in [0, 0.1) is 0 Å². The lowest BCUT2D eigenvalue weighted by molar-refractivity contribution is 0.0984. The summed E-state index contributed by atoms with van der Waals surface area (Å²) in [6.07, 6.45) is 1.22. The largest absolute Gasteiger partial charge is 0.495 e. The fourth-order valence-corrected chi connectivity index (χ4v) is 2.70. The van der Waals surface area contributed by atoms with E-state index >= 15 is 0 Å². The monoisotopic (exact) mass is 287 g/mol. The first-order valence-corrected chi connectivity index (χ1v) is 7.43. The summed E-state index contributed by atoms with van der Waals surface area (Å²) in [6, 6.07) is 2.77. The lowest BCUT2D eigenvalue weighted by Crippen LogP contribution is -2.10. The quantitative estimate of drug-likeness (QED) is 0.771. The minimum Gasteiger partial charge on any atom is -0.495 e. The molecule has 6 nitrogen and oxygen atoms in total. The van der Waals surface area contributed by atoms with Crippen LogP contribution in [0.4, 0.5) is 0 Å². The molecule has 19 heavy (non-hydrogen) atoms. The van der Waals surface area contributed by atoms with Gasteiger partial charge in [-0.2, -0.15) is 0 Å². The van der Waals surface area contributed by atoms with E-state index in [0.29, 0.717) is 5.56 Å². The topological polar surface area (TPSA) is 95.7 Å². The van der Waals surface area contributed by atoms with Crippen molar-refractivity contribution in [2.75, 3.05) is 27.0 Å². The Labute approximate surface area is 112 Å². The van der Waals surface area contributed by atoms with Gasteiger partial charge in [-0.3, -0.25) is 4.79 Å². The fourth-order valence-electron chi connectivity index (χ4n) is 1.68. The normalized spacial score (nSPS) is 11.2. The summed E-state index contributed by atoms with van der Waals surface area (Å²) in [7, 11) is -0.861. The summed E-state index contributed by atoms with van der Waals surface area (Å²) in [5, 5.41) is 0. The molecule has 0 aliphatic heterocycles. The number of hydrogen-bond donors (Lipinski definition) is 1. The minimum atomic E-state index is -3.53. The lowest BCUT2D eigenvalue weighted by Gasteiger charge is -2.13. The summed E-state index contributed by atoms with van der Waals surface area (Å²) < 4.78 is 33.5. The number of carbonyl (C=O) groups excluding carboxylic acids is 1. The Morgan fingerprint density at radius 2 is 1.68 bits per heavy atom. The van der Waals surface area contributed by atoms with Crippen LogP contribution in [0.3, 0.4) is 0 Å². The van der Waals surface area contributed by atoms with E-state index in [1.165, 1.54) is 26.4 Å². The summed E-state index contributed by atoms with van der Waals surface area (Å²) in [4.78, 5) is 11.7. The van der Waals surface area contributed by atoms with Gasteiger partial charge in [0.15, 0.2) is 20.5 Å². The molecule has 7 heteroatoms. The van der Waals surface area contributed by atoms with Crippen molar-refractivity contribution in [3.05, 3.63) is 17.7 Å². The number of nitrogens with two attached hydrogens (primary N) is 1. The van der Waals surface area contributed by atoms with Gasteiger partial charge >= 0.3 is 0 Å². The molecule has 0 amide bonds. The van der Waals surface area contributed by atoms with Crippen LogP contribution >= 0.6 is 0 Å². The highest BCUT2D eigenvalue weighted by molar-refractivity contribution is 7.91. The maximum Gasteiger partial charge on any atom is 0.182 e. The van der Waals surface area contributed by atoms with Crippen molar-refractivity contribution in [2.24, 2.45) is 5.73 Å². The van der Waals surface area contributed by atoms with Crippen molar-refractivity contribution < 1.29 is 22.7 Å². The van der Waals surface area contributed by atoms with Gasteiger partial charge in [-0.25, -0.2) is 8.42 Å². The van der Waals surface area contributed by atoms with E-state index in [1.807, 2.05) is 0 Å². The van der Waals surface area contributed by atoms with E-state index in [-0.39, 0.29) is 35.1 Å². The number of ether oxygens (including phenoxy) is 2. The summed E-state index contributed by atoms with van der Waals surface area (Å²) >= 11 is 0. The third-order valence-electron chi connectivity index (χ3n) is 2.52. The Bertz CT molecular complexity index is 555. The molecule has 2 N–H and O–H groups in total. The first-order chi connectivity index (χ1) is 8.85. The van der Waals surface area contributed by atoms with Crippen LogP contribution in [-0.2, 0) is 9.84 Å². The zero-order chi connectivity index (χ0) is 14.6. The zero-order valence-electron chi connectivity index (χ0n) is 11.1. The maximum atomic E-state index is 11.8. The van der Waals surface area contributed by atoms with Crippen molar-refractivity contribution >= 4 is 15.6 Å². The SMILES string of the molecule is COc1cc(C(=O)CCN)cc(OC)c1S(C)(=O)=O. The molecule has 106 valence electrons. The highest BCUT2D eigenvalue weighted by atomic mass is 32.2. The summed E-state index contributed by atoms with van der Waals surface area (Å²) in [5.41, 5.74) is 5.64. The van der Waals surface area contributed by atoms with E-state index in [1.54, 1.807) is 0 Å². The van der Waals surface area contributed by atoms with E-state index in [9.17, 15) is 13.2 Å². The summed E-state index contributed by atoms with van der Waals surface area (Å²) in [6.45, 7) is 0.220. The van der Waals surface area contributed by atoms with E-state index in [4.69, 9.17) is 15.2 Å². The third kappa shape index (κ3) is 3.45. The zero-order valence-corrected chi connectivity index (χ0v) is 11.9. The lowest BCUT2D eigenvalue weighted by atomic mass is 10.1. The number of methoxy groups -OCH3 is 2. The van der Waals surface area contributed by atoms with Crippen LogP contribution in [0.25, 0.3) is 0 Å². The molecule has 0 atom stereocenters. The molecule has 0 unspecified atom stereocenters. The van der Waals surface area contributed by atoms with Gasteiger partial charge < -0.3 is 15.2 Å². The Morgan fingerprint density at radius 3 is 2.00 bits per heavy atom. The first kappa shape index (κ1) is 15.5. The maximum absolute atomic E-state index is 11.8. The van der Waals surface area contributed by atoms with Gasteiger partial charge in [-0.05, 0) is 18.7 Å². The molecular formula is C12H17NO5S. The molecule has 1 aromatic rings. The molecule has 0 fully saturated rings. The highest BCUT2D eigenvalue weighted by Gasteiger charge is 2.23. The van der Waals surface area contributed by atoms with E-state index in [0.717, 1.165) is 6.26 Å². The van der Waals surface area contributed by atoms with Crippen molar-refractivity contribution in [2.45, 2.75) is 11.3 Å². The molecule has 0 aliphatic carbocycles. The van der Waals surface area contributed by atoms with E-state index < -0.39 is 9.84 Å². The second kappa shape index (κ2) is 6.03. The number of carbonyl (C=O) groups is 1. The standard InChI is InChI=1S/C12H17NO5S/c1-17-10-6-8(9(14)4-5-13)7-11(18-2)12(10)19(3,15)16/h6-7H,4-5,13H2,1-3H3. The molecule has 0 radical (unpaired) electrons. The number of hydrogen-bond acceptors (Lipinski definition) is 6. The third-order valence-corrected chi connectivity index (χ3v) is 3.67. The molecule has 0 spiro atoms. The van der Waals surface area contributed by atoms with Gasteiger partial charge in [0.25, 0.3) is 0 Å². The second-order valence-corrected chi connectivity index (χ2v) is 5.90. The smallest absolute Gasteiger partial charge is 0.182 e. The Morgan fingerprint density at radius 1 is 1.21 bits per heavy atom. The number of sulfone groups is 1. The number of Topliss-reactive ketones (excluding diaryl/α,β-unsaturated/α-hetero) is 1. The summed E-state index contributed by atoms with van der Waals surface area (Å²) in [5.74, 6) is -0.0245. The number of rotatable bonds is 6. The Hall–Kier alpha value is -1.60. The molecule has 0 saturated heterocycles. The van der Waals surface area contributed by atoms with Crippen LogP contribution < -0.4 is 15.2 Å². The first-order valence-electron chi connectivity index (χ1n) is 5.54. The van der Waals surface area contributed by atoms with Gasteiger partial charge in [0.1, 0.15) is 11.5 Å². The molecule has 0 aromatic heterocycles. The average molecular weight is 287 g/mol. The molecular weight excluding hydrogens is 270 g/mol. The van der Waals surface area contributed by atoms with Gasteiger partial charge in [-0.15, -0.1) is 0 Å². The van der Waals surface area contributed by atoms with Crippen LogP contribution in [0.2, 0.25) is 0 Å². The predicted molar refractivity (Wildman–Crippen MR) is 70.7 cm³/mol.